The normalized spacial score (nSPS) is 11.8. The van der Waals surface area contributed by atoms with Gasteiger partial charge in [-0.05, 0) is 13.3 Å². The summed E-state index contributed by atoms with van der Waals surface area (Å²) in [6.45, 7) is 4.08. The molecule has 0 rings (SSSR count). The molecule has 0 aromatic rings. The quantitative estimate of drug-likeness (QED) is 0.261. The van der Waals surface area contributed by atoms with Crippen LogP contribution in [0.4, 0.5) is 4.79 Å². The third kappa shape index (κ3) is 17.8. The van der Waals surface area contributed by atoms with E-state index in [-0.39, 0.29) is 12.2 Å². The molecule has 6 heteroatoms. The molecule has 0 saturated carbocycles. The Morgan fingerprint density at radius 1 is 0.750 bits per heavy atom. The van der Waals surface area contributed by atoms with Gasteiger partial charge in [-0.25, -0.2) is 4.79 Å². The van der Waals surface area contributed by atoms with Crippen LogP contribution in [0.25, 0.3) is 0 Å². The van der Waals surface area contributed by atoms with Gasteiger partial charge in [0.25, 0.3) is 0 Å². The summed E-state index contributed by atoms with van der Waals surface area (Å²) in [6, 6.07) is -1.44. The van der Waals surface area contributed by atoms with Crippen LogP contribution in [0.2, 0.25) is 0 Å². The first-order valence-electron chi connectivity index (χ1n) is 11.2. The van der Waals surface area contributed by atoms with Crippen molar-refractivity contribution in [3.8, 4) is 0 Å². The first-order chi connectivity index (χ1) is 13.5. The highest BCUT2D eigenvalue weighted by atomic mass is 16.4. The Bertz CT molecular complexity index is 427. The Hall–Kier alpha value is -1.59. The average molecular weight is 399 g/mol. The molecule has 2 amide bonds. The van der Waals surface area contributed by atoms with E-state index in [1.807, 2.05) is 0 Å². The van der Waals surface area contributed by atoms with Gasteiger partial charge in [0.1, 0.15) is 0 Å². The highest BCUT2D eigenvalue weighted by Gasteiger charge is 2.19. The summed E-state index contributed by atoms with van der Waals surface area (Å²) in [4.78, 5) is 33.7. The molecule has 0 aromatic carbocycles. The molecule has 0 radical (unpaired) electrons. The molecule has 0 bridgehead atoms. The Morgan fingerprint density at radius 3 is 1.57 bits per heavy atom. The first kappa shape index (κ1) is 26.4. The number of unbranched alkanes of at least 4 members (excludes halogenated alkanes) is 13. The molecular formula is C22H42N2O4. The van der Waals surface area contributed by atoms with Gasteiger partial charge < -0.3 is 15.7 Å². The number of nitrogens with one attached hydrogen (secondary N) is 2. The number of hydrogen-bond donors (Lipinski definition) is 3. The molecular weight excluding hydrogens is 356 g/mol. The second kappa shape index (κ2) is 18.8. The maximum Gasteiger partial charge on any atom is 0.315 e. The number of carbonyl (C=O) groups excluding carboxylic acids is 2. The highest BCUT2D eigenvalue weighted by Crippen LogP contribution is 2.12. The van der Waals surface area contributed by atoms with Crippen molar-refractivity contribution in [3.63, 3.8) is 0 Å². The zero-order chi connectivity index (χ0) is 21.0. The third-order valence-electron chi connectivity index (χ3n) is 4.99. The second-order valence-corrected chi connectivity index (χ2v) is 7.76. The van der Waals surface area contributed by atoms with E-state index in [0.717, 1.165) is 12.8 Å². The number of Topliss-reactive ketones (excluding diaryl/α,β-unsaturated/α-hetero) is 1. The van der Waals surface area contributed by atoms with E-state index in [0.29, 0.717) is 6.54 Å². The maximum atomic E-state index is 11.7. The van der Waals surface area contributed by atoms with Crippen molar-refractivity contribution in [2.24, 2.45) is 0 Å². The molecule has 0 spiro atoms. The minimum Gasteiger partial charge on any atom is -0.481 e. The van der Waals surface area contributed by atoms with Crippen molar-refractivity contribution < 1.29 is 19.5 Å². The number of urea groups is 1. The van der Waals surface area contributed by atoms with Gasteiger partial charge in [-0.1, -0.05) is 90.4 Å². The fourth-order valence-corrected chi connectivity index (χ4v) is 3.20. The van der Waals surface area contributed by atoms with Crippen LogP contribution in [-0.2, 0) is 9.59 Å². The number of aliphatic carboxylic acids is 1. The molecule has 1 unspecified atom stereocenters. The number of carboxylic acids is 1. The summed E-state index contributed by atoms with van der Waals surface area (Å²) < 4.78 is 0. The van der Waals surface area contributed by atoms with Crippen LogP contribution in [-0.4, -0.2) is 35.5 Å². The van der Waals surface area contributed by atoms with Gasteiger partial charge >= 0.3 is 12.0 Å². The van der Waals surface area contributed by atoms with Crippen LogP contribution in [0.5, 0.6) is 0 Å². The summed E-state index contributed by atoms with van der Waals surface area (Å²) in [5.74, 6) is -1.46. The predicted molar refractivity (Wildman–Crippen MR) is 114 cm³/mol. The van der Waals surface area contributed by atoms with E-state index in [1.165, 1.54) is 84.0 Å². The summed E-state index contributed by atoms with van der Waals surface area (Å²) in [5.41, 5.74) is 0. The number of carbonyl (C=O) groups is 3. The third-order valence-corrected chi connectivity index (χ3v) is 4.99. The van der Waals surface area contributed by atoms with Gasteiger partial charge in [-0.3, -0.25) is 9.59 Å². The Balaban J connectivity index is 3.41. The minimum absolute atomic E-state index is 0.353. The van der Waals surface area contributed by atoms with Crippen LogP contribution in [0.15, 0.2) is 0 Å². The van der Waals surface area contributed by atoms with E-state index < -0.39 is 18.0 Å². The highest BCUT2D eigenvalue weighted by molar-refractivity contribution is 5.90. The zero-order valence-electron chi connectivity index (χ0n) is 18.1. The van der Waals surface area contributed by atoms with Crippen molar-refractivity contribution >= 4 is 17.8 Å². The molecule has 1 atom stereocenters. The minimum atomic E-state index is -1.10. The zero-order valence-corrected chi connectivity index (χ0v) is 18.1. The van der Waals surface area contributed by atoms with E-state index >= 15 is 0 Å². The van der Waals surface area contributed by atoms with E-state index in [9.17, 15) is 14.4 Å². The molecule has 0 heterocycles. The van der Waals surface area contributed by atoms with Crippen molar-refractivity contribution in [3.05, 3.63) is 0 Å². The Kier molecular flexibility index (Phi) is 17.7. The van der Waals surface area contributed by atoms with Crippen molar-refractivity contribution in [2.45, 2.75) is 116 Å². The fourth-order valence-electron chi connectivity index (χ4n) is 3.20. The summed E-state index contributed by atoms with van der Waals surface area (Å²) >= 11 is 0. The number of hydrogen-bond acceptors (Lipinski definition) is 3. The molecule has 164 valence electrons. The van der Waals surface area contributed by atoms with Crippen LogP contribution in [0.3, 0.4) is 0 Å². The topological polar surface area (TPSA) is 95.5 Å². The van der Waals surface area contributed by atoms with Gasteiger partial charge in [0.2, 0.25) is 0 Å². The molecule has 6 nitrogen and oxygen atoms in total. The van der Waals surface area contributed by atoms with Crippen LogP contribution >= 0.6 is 0 Å². The molecule has 0 aliphatic carbocycles. The lowest BCUT2D eigenvalue weighted by Crippen LogP contribution is -2.46. The largest absolute Gasteiger partial charge is 0.481 e. The molecule has 0 saturated heterocycles. The van der Waals surface area contributed by atoms with Gasteiger partial charge in [-0.2, -0.15) is 0 Å². The van der Waals surface area contributed by atoms with Crippen LogP contribution < -0.4 is 10.6 Å². The smallest absolute Gasteiger partial charge is 0.315 e. The fraction of sp³-hybridized carbons (Fsp3) is 0.864. The van der Waals surface area contributed by atoms with Crippen molar-refractivity contribution in [2.75, 3.05) is 6.54 Å². The van der Waals surface area contributed by atoms with Gasteiger partial charge in [0.05, 0.1) is 12.5 Å². The van der Waals surface area contributed by atoms with Crippen molar-refractivity contribution in [1.82, 2.24) is 10.6 Å². The van der Waals surface area contributed by atoms with Gasteiger partial charge in [0, 0.05) is 6.54 Å². The second-order valence-electron chi connectivity index (χ2n) is 7.76. The molecule has 28 heavy (non-hydrogen) atoms. The van der Waals surface area contributed by atoms with Gasteiger partial charge in [0.15, 0.2) is 5.78 Å². The van der Waals surface area contributed by atoms with E-state index in [2.05, 4.69) is 17.6 Å². The lowest BCUT2D eigenvalue weighted by molar-refractivity contribution is -0.139. The van der Waals surface area contributed by atoms with E-state index in [1.54, 1.807) is 0 Å². The molecule has 0 aliphatic rings. The SMILES string of the molecule is CCCCCCCCCCCCCCCCNC(=O)NC(CC(=O)O)C(C)=O. The van der Waals surface area contributed by atoms with Crippen molar-refractivity contribution in [1.29, 1.82) is 0 Å². The monoisotopic (exact) mass is 398 g/mol. The average Bonchev–Trinajstić information content (AvgIpc) is 2.64. The molecule has 0 aliphatic heterocycles. The summed E-state index contributed by atoms with van der Waals surface area (Å²) in [5, 5.41) is 13.8. The maximum absolute atomic E-state index is 11.7. The Labute approximate surface area is 171 Å². The standard InChI is InChI=1S/C22H42N2O4/c1-3-4-5-6-7-8-9-10-11-12-13-14-15-16-17-23-22(28)24-20(19(2)25)18-21(26)27/h20H,3-18H2,1-2H3,(H,26,27)(H2,23,24,28). The lowest BCUT2D eigenvalue weighted by atomic mass is 10.0. The summed E-state index contributed by atoms with van der Waals surface area (Å²) in [6.07, 6.45) is 17.6. The molecule has 3 N–H and O–H groups in total. The number of ketones is 1. The number of rotatable bonds is 19. The predicted octanol–water partition coefficient (Wildman–Crippen LogP) is 5.20. The lowest BCUT2D eigenvalue weighted by Gasteiger charge is -2.14. The van der Waals surface area contributed by atoms with Crippen LogP contribution in [0, 0.1) is 0 Å². The molecule has 0 aromatic heterocycles. The number of carboxylic acid groups (broad SMARTS) is 1. The Morgan fingerprint density at radius 2 is 1.18 bits per heavy atom. The van der Waals surface area contributed by atoms with E-state index in [4.69, 9.17) is 5.11 Å². The first-order valence-corrected chi connectivity index (χ1v) is 11.2. The van der Waals surface area contributed by atoms with Gasteiger partial charge in [-0.15, -0.1) is 0 Å². The molecule has 0 fully saturated rings. The summed E-state index contributed by atoms with van der Waals surface area (Å²) in [7, 11) is 0. The van der Waals surface area contributed by atoms with Crippen LogP contribution in [0.1, 0.15) is 110 Å². The number of amides is 2.